The van der Waals surface area contributed by atoms with Gasteiger partial charge in [0.1, 0.15) is 5.76 Å². The molecule has 0 bridgehead atoms. The summed E-state index contributed by atoms with van der Waals surface area (Å²) in [7, 11) is 0. The van der Waals surface area contributed by atoms with Crippen LogP contribution >= 0.6 is 0 Å². The van der Waals surface area contributed by atoms with Crippen LogP contribution in [0.25, 0.3) is 0 Å². The van der Waals surface area contributed by atoms with Crippen LogP contribution in [0.3, 0.4) is 0 Å². The second-order valence-corrected chi connectivity index (χ2v) is 5.74. The van der Waals surface area contributed by atoms with Crippen LogP contribution in [0.2, 0.25) is 0 Å². The summed E-state index contributed by atoms with van der Waals surface area (Å²) in [4.78, 5) is 14.6. The fraction of sp³-hybridized carbons (Fsp3) is 0.333. The van der Waals surface area contributed by atoms with E-state index < -0.39 is 0 Å². The van der Waals surface area contributed by atoms with E-state index in [0.29, 0.717) is 18.7 Å². The zero-order valence-electron chi connectivity index (χ0n) is 12.9. The molecule has 2 aromatic rings. The molecule has 1 atom stereocenters. The normalized spacial score (nSPS) is 17.8. The van der Waals surface area contributed by atoms with Gasteiger partial charge in [-0.25, -0.2) is 0 Å². The Morgan fingerprint density at radius 3 is 3.09 bits per heavy atom. The summed E-state index contributed by atoms with van der Waals surface area (Å²) in [6.45, 7) is 2.00. The van der Waals surface area contributed by atoms with Crippen molar-refractivity contribution in [3.05, 3.63) is 59.5 Å². The minimum absolute atomic E-state index is 0.0373. The molecule has 1 N–H and O–H groups in total. The Labute approximate surface area is 135 Å². The fourth-order valence-corrected chi connectivity index (χ4v) is 2.99. The van der Waals surface area contributed by atoms with Gasteiger partial charge in [-0.05, 0) is 49.2 Å². The first-order valence-electron chi connectivity index (χ1n) is 7.79. The van der Waals surface area contributed by atoms with Crippen molar-refractivity contribution in [2.75, 3.05) is 6.54 Å². The molecule has 1 aromatic carbocycles. The highest BCUT2D eigenvalue weighted by molar-refractivity contribution is 5.81. The molecule has 0 radical (unpaired) electrons. The van der Waals surface area contributed by atoms with Gasteiger partial charge in [0.2, 0.25) is 5.91 Å². The molecule has 0 saturated carbocycles. The molecule has 1 fully saturated rings. The Morgan fingerprint density at radius 2 is 2.30 bits per heavy atom. The Bertz CT molecular complexity index is 703. The van der Waals surface area contributed by atoms with E-state index in [1.54, 1.807) is 12.3 Å². The Kier molecular flexibility index (Phi) is 4.74. The minimum atomic E-state index is -0.115. The van der Waals surface area contributed by atoms with Crippen molar-refractivity contribution >= 4 is 5.91 Å². The number of hydrogen-bond acceptors (Lipinski definition) is 4. The molecule has 0 unspecified atom stereocenters. The van der Waals surface area contributed by atoms with E-state index in [1.165, 1.54) is 0 Å². The predicted octanol–water partition coefficient (Wildman–Crippen LogP) is 2.43. The SMILES string of the molecule is N#Cc1cccc(CN2CCC[C@H]2C(=O)NCc2ccco2)c1. The lowest BCUT2D eigenvalue weighted by atomic mass is 10.1. The van der Waals surface area contributed by atoms with Gasteiger partial charge in [-0.15, -0.1) is 0 Å². The van der Waals surface area contributed by atoms with E-state index in [-0.39, 0.29) is 11.9 Å². The number of nitriles is 1. The number of likely N-dealkylation sites (tertiary alicyclic amines) is 1. The summed E-state index contributed by atoms with van der Waals surface area (Å²) >= 11 is 0. The quantitative estimate of drug-likeness (QED) is 0.921. The molecule has 1 saturated heterocycles. The third-order valence-electron chi connectivity index (χ3n) is 4.13. The Morgan fingerprint density at radius 1 is 1.39 bits per heavy atom. The second kappa shape index (κ2) is 7.12. The van der Waals surface area contributed by atoms with Crippen LogP contribution in [0.1, 0.15) is 29.7 Å². The van der Waals surface area contributed by atoms with Gasteiger partial charge in [-0.3, -0.25) is 9.69 Å². The maximum atomic E-state index is 12.4. The van der Waals surface area contributed by atoms with Crippen molar-refractivity contribution < 1.29 is 9.21 Å². The van der Waals surface area contributed by atoms with Gasteiger partial charge in [0.05, 0.1) is 30.5 Å². The third kappa shape index (κ3) is 3.79. The topological polar surface area (TPSA) is 69.3 Å². The summed E-state index contributed by atoms with van der Waals surface area (Å²) < 4.78 is 5.24. The highest BCUT2D eigenvalue weighted by Crippen LogP contribution is 2.21. The van der Waals surface area contributed by atoms with E-state index >= 15 is 0 Å². The lowest BCUT2D eigenvalue weighted by molar-refractivity contribution is -0.125. The van der Waals surface area contributed by atoms with Gasteiger partial charge < -0.3 is 9.73 Å². The number of hydrogen-bond donors (Lipinski definition) is 1. The molecule has 23 heavy (non-hydrogen) atoms. The molecule has 1 aliphatic rings. The number of carbonyl (C=O) groups excluding carboxylic acids is 1. The third-order valence-corrected chi connectivity index (χ3v) is 4.13. The zero-order chi connectivity index (χ0) is 16.1. The van der Waals surface area contributed by atoms with Crippen LogP contribution in [-0.2, 0) is 17.9 Å². The van der Waals surface area contributed by atoms with Crippen LogP contribution < -0.4 is 5.32 Å². The van der Waals surface area contributed by atoms with Gasteiger partial charge in [0.25, 0.3) is 0 Å². The Hall–Kier alpha value is -2.58. The zero-order valence-corrected chi connectivity index (χ0v) is 12.9. The molecule has 1 amide bonds. The summed E-state index contributed by atoms with van der Waals surface area (Å²) in [5.74, 6) is 0.792. The molecular weight excluding hydrogens is 290 g/mol. The summed E-state index contributed by atoms with van der Waals surface area (Å²) in [6.07, 6.45) is 3.48. The lowest BCUT2D eigenvalue weighted by Crippen LogP contribution is -2.42. The van der Waals surface area contributed by atoms with Crippen LogP contribution in [0.5, 0.6) is 0 Å². The number of rotatable bonds is 5. The fourth-order valence-electron chi connectivity index (χ4n) is 2.99. The summed E-state index contributed by atoms with van der Waals surface area (Å²) in [5.41, 5.74) is 1.72. The maximum Gasteiger partial charge on any atom is 0.237 e. The van der Waals surface area contributed by atoms with Gasteiger partial charge in [-0.2, -0.15) is 5.26 Å². The summed E-state index contributed by atoms with van der Waals surface area (Å²) in [5, 5.41) is 11.9. The predicted molar refractivity (Wildman–Crippen MR) is 85.1 cm³/mol. The van der Waals surface area contributed by atoms with Crippen molar-refractivity contribution in [1.29, 1.82) is 5.26 Å². The highest BCUT2D eigenvalue weighted by Gasteiger charge is 2.30. The largest absolute Gasteiger partial charge is 0.467 e. The standard InChI is InChI=1S/C18H19N3O2/c19-11-14-4-1-5-15(10-14)13-21-8-2-7-17(21)18(22)20-12-16-6-3-9-23-16/h1,3-6,9-10,17H,2,7-8,12-13H2,(H,20,22)/t17-/m0/s1. The average molecular weight is 309 g/mol. The Balaban J connectivity index is 1.60. The van der Waals surface area contributed by atoms with Gasteiger partial charge in [0, 0.05) is 6.54 Å². The molecule has 0 spiro atoms. The number of nitrogens with one attached hydrogen (secondary N) is 1. The number of benzene rings is 1. The van der Waals surface area contributed by atoms with E-state index in [1.807, 2.05) is 30.3 Å². The molecule has 2 heterocycles. The van der Waals surface area contributed by atoms with Gasteiger partial charge in [0.15, 0.2) is 0 Å². The van der Waals surface area contributed by atoms with Crippen LogP contribution in [-0.4, -0.2) is 23.4 Å². The van der Waals surface area contributed by atoms with Crippen molar-refractivity contribution in [3.8, 4) is 6.07 Å². The average Bonchev–Trinajstić information content (AvgIpc) is 3.24. The van der Waals surface area contributed by atoms with Crippen molar-refractivity contribution in [1.82, 2.24) is 10.2 Å². The van der Waals surface area contributed by atoms with E-state index in [9.17, 15) is 4.79 Å². The monoisotopic (exact) mass is 309 g/mol. The van der Waals surface area contributed by atoms with Gasteiger partial charge in [-0.1, -0.05) is 12.1 Å². The first-order chi connectivity index (χ1) is 11.3. The number of nitrogens with zero attached hydrogens (tertiary/aromatic N) is 2. The molecular formula is C18H19N3O2. The summed E-state index contributed by atoms with van der Waals surface area (Å²) in [6, 6.07) is 13.3. The molecule has 1 aromatic heterocycles. The minimum Gasteiger partial charge on any atom is -0.467 e. The number of amides is 1. The molecule has 0 aliphatic carbocycles. The second-order valence-electron chi connectivity index (χ2n) is 5.74. The van der Waals surface area contributed by atoms with E-state index in [2.05, 4.69) is 16.3 Å². The lowest BCUT2D eigenvalue weighted by Gasteiger charge is -2.23. The number of carbonyl (C=O) groups is 1. The van der Waals surface area contributed by atoms with E-state index in [4.69, 9.17) is 9.68 Å². The van der Waals surface area contributed by atoms with Crippen molar-refractivity contribution in [2.24, 2.45) is 0 Å². The first-order valence-corrected chi connectivity index (χ1v) is 7.79. The van der Waals surface area contributed by atoms with Crippen LogP contribution in [0.4, 0.5) is 0 Å². The molecule has 5 heteroatoms. The maximum absolute atomic E-state index is 12.4. The van der Waals surface area contributed by atoms with Gasteiger partial charge >= 0.3 is 0 Å². The molecule has 5 nitrogen and oxygen atoms in total. The first kappa shape index (κ1) is 15.3. The van der Waals surface area contributed by atoms with E-state index in [0.717, 1.165) is 30.7 Å². The smallest absolute Gasteiger partial charge is 0.237 e. The highest BCUT2D eigenvalue weighted by atomic mass is 16.3. The molecule has 1 aliphatic heterocycles. The van der Waals surface area contributed by atoms with Crippen molar-refractivity contribution in [3.63, 3.8) is 0 Å². The molecule has 3 rings (SSSR count). The van der Waals surface area contributed by atoms with Crippen LogP contribution in [0, 0.1) is 11.3 Å². The molecule has 118 valence electrons. The number of furan rings is 1. The van der Waals surface area contributed by atoms with Crippen LogP contribution in [0.15, 0.2) is 47.1 Å². The van der Waals surface area contributed by atoms with Crippen molar-refractivity contribution in [2.45, 2.75) is 32.0 Å².